The van der Waals surface area contributed by atoms with Crippen molar-refractivity contribution in [3.63, 3.8) is 0 Å². The average Bonchev–Trinajstić information content (AvgIpc) is 3.37. The molecule has 0 saturated heterocycles. The summed E-state index contributed by atoms with van der Waals surface area (Å²) in [5.41, 5.74) is 4.93. The number of halogens is 1. The summed E-state index contributed by atoms with van der Waals surface area (Å²) in [7, 11) is 0. The molecule has 0 aromatic carbocycles. The lowest BCUT2D eigenvalue weighted by atomic mass is 9.72. The molecule has 136 valence electrons. The summed E-state index contributed by atoms with van der Waals surface area (Å²) in [6.45, 7) is 11.4. The van der Waals surface area contributed by atoms with Crippen LogP contribution >= 0.6 is 0 Å². The van der Waals surface area contributed by atoms with E-state index in [-0.39, 0.29) is 22.7 Å². The minimum absolute atomic E-state index is 0.0679. The van der Waals surface area contributed by atoms with E-state index in [9.17, 15) is 4.39 Å². The number of aromatic nitrogens is 2. The summed E-state index contributed by atoms with van der Waals surface area (Å²) in [5, 5.41) is 16.3. The predicted octanol–water partition coefficient (Wildman–Crippen LogP) is 4.10. The monoisotopic (exact) mass is 352 g/mol. The molecule has 1 aliphatic carbocycles. The quantitative estimate of drug-likeness (QED) is 0.405. The molecule has 0 bridgehead atoms. The Bertz CT molecular complexity index is 953. The molecular formula is C21H25FN4. The van der Waals surface area contributed by atoms with E-state index in [0.29, 0.717) is 0 Å². The van der Waals surface area contributed by atoms with Crippen molar-refractivity contribution in [3.8, 4) is 0 Å². The number of pyridine rings is 2. The number of fused-ring (bicyclic) bond motifs is 1. The molecule has 1 aliphatic rings. The number of allylic oxidation sites excluding steroid dienone is 1. The van der Waals surface area contributed by atoms with Gasteiger partial charge in [-0.1, -0.05) is 26.0 Å². The lowest BCUT2D eigenvalue weighted by Gasteiger charge is -2.33. The topological polar surface area (TPSA) is 65.5 Å². The molecule has 0 saturated carbocycles. The molecule has 0 amide bonds. The Hall–Kier alpha value is -2.56. The minimum atomic E-state index is -1.43. The average molecular weight is 352 g/mol. The molecule has 0 aliphatic heterocycles. The zero-order valence-corrected chi connectivity index (χ0v) is 15.7. The first-order valence-electron chi connectivity index (χ1n) is 8.79. The molecule has 4 nitrogen and oxygen atoms in total. The van der Waals surface area contributed by atoms with Crippen molar-refractivity contribution in [1.82, 2.24) is 9.55 Å². The molecule has 2 aromatic rings. The highest BCUT2D eigenvalue weighted by Crippen LogP contribution is 2.42. The van der Waals surface area contributed by atoms with E-state index < -0.39 is 6.17 Å². The highest BCUT2D eigenvalue weighted by Gasteiger charge is 2.34. The van der Waals surface area contributed by atoms with E-state index in [0.717, 1.165) is 28.9 Å². The second-order valence-corrected chi connectivity index (χ2v) is 7.59. The van der Waals surface area contributed by atoms with Crippen molar-refractivity contribution in [1.29, 1.82) is 10.8 Å². The maximum atomic E-state index is 13.6. The van der Waals surface area contributed by atoms with Crippen LogP contribution in [0.3, 0.4) is 0 Å². The summed E-state index contributed by atoms with van der Waals surface area (Å²) in [6.07, 6.45) is 3.05. The fourth-order valence-electron chi connectivity index (χ4n) is 3.38. The zero-order valence-electron chi connectivity index (χ0n) is 15.7. The van der Waals surface area contributed by atoms with Crippen molar-refractivity contribution in [2.24, 2.45) is 5.41 Å². The lowest BCUT2D eigenvalue weighted by Crippen LogP contribution is -2.34. The third-order valence-corrected chi connectivity index (χ3v) is 5.27. The molecule has 0 fully saturated rings. The second-order valence-electron chi connectivity index (χ2n) is 7.59. The summed E-state index contributed by atoms with van der Waals surface area (Å²) >= 11 is 0. The number of hydrogen-bond donors (Lipinski definition) is 2. The second kappa shape index (κ2) is 6.31. The van der Waals surface area contributed by atoms with E-state index >= 15 is 0 Å². The normalized spacial score (nSPS) is 15.1. The zero-order chi connectivity index (χ0) is 19.2. The number of nitrogens with one attached hydrogen (secondary N) is 2. The molecule has 5 heteroatoms. The van der Waals surface area contributed by atoms with Gasteiger partial charge in [-0.15, -0.1) is 6.58 Å². The smallest absolute Gasteiger partial charge is 0.155 e. The van der Waals surface area contributed by atoms with E-state index in [2.05, 4.69) is 32.6 Å². The molecule has 2 unspecified atom stereocenters. The van der Waals surface area contributed by atoms with Gasteiger partial charge in [-0.2, -0.15) is 0 Å². The molecule has 0 spiro atoms. The first-order valence-corrected chi connectivity index (χ1v) is 8.79. The number of alkyl halides is 1. The van der Waals surface area contributed by atoms with Crippen LogP contribution in [0.15, 0.2) is 37.1 Å². The Balaban J connectivity index is 2.17. The fraction of sp³-hybridized carbons (Fsp3) is 0.381. The standard InChI is InChI=1S/C21H25FN4/c1-6-21(4,5)18(16-8-7-14-11-17(14)25-16)15-9-10-26(19(23)12(15)2)20(24)13(3)22/h6-10,13,18,23-24H,1,11H2,2-5H3. The van der Waals surface area contributed by atoms with E-state index in [1.54, 1.807) is 6.20 Å². The molecule has 2 heterocycles. The number of hydrogen-bond acceptors (Lipinski definition) is 3. The minimum Gasteiger partial charge on any atom is -0.288 e. The molecule has 0 radical (unpaired) electrons. The van der Waals surface area contributed by atoms with Gasteiger partial charge in [0.1, 0.15) is 11.3 Å². The highest BCUT2D eigenvalue weighted by molar-refractivity contribution is 5.85. The third kappa shape index (κ3) is 3.02. The Morgan fingerprint density at radius 1 is 1.38 bits per heavy atom. The van der Waals surface area contributed by atoms with Crippen LogP contribution in [-0.4, -0.2) is 21.6 Å². The Labute approximate surface area is 153 Å². The van der Waals surface area contributed by atoms with Crippen LogP contribution in [0.5, 0.6) is 0 Å². The van der Waals surface area contributed by atoms with Crippen LogP contribution in [0.1, 0.15) is 54.8 Å². The van der Waals surface area contributed by atoms with Gasteiger partial charge < -0.3 is 0 Å². The molecule has 26 heavy (non-hydrogen) atoms. The number of rotatable bonds is 5. The van der Waals surface area contributed by atoms with Gasteiger partial charge in [0.2, 0.25) is 0 Å². The molecule has 2 atom stereocenters. The van der Waals surface area contributed by atoms with Gasteiger partial charge in [0.15, 0.2) is 6.17 Å². The van der Waals surface area contributed by atoms with Crippen molar-refractivity contribution < 1.29 is 4.39 Å². The van der Waals surface area contributed by atoms with Crippen LogP contribution in [0, 0.1) is 23.2 Å². The maximum absolute atomic E-state index is 13.6. The van der Waals surface area contributed by atoms with Gasteiger partial charge in [0.25, 0.3) is 0 Å². The number of nitrogens with zero attached hydrogens (tertiary/aromatic N) is 2. The predicted molar refractivity (Wildman–Crippen MR) is 102 cm³/mol. The van der Waals surface area contributed by atoms with Crippen molar-refractivity contribution in [2.45, 2.75) is 46.2 Å². The van der Waals surface area contributed by atoms with Gasteiger partial charge >= 0.3 is 0 Å². The molecular weight excluding hydrogens is 327 g/mol. The largest absolute Gasteiger partial charge is 0.288 e. The van der Waals surface area contributed by atoms with Crippen LogP contribution < -0.4 is 5.49 Å². The van der Waals surface area contributed by atoms with Gasteiger partial charge in [-0.25, -0.2) is 4.39 Å². The lowest BCUT2D eigenvalue weighted by molar-refractivity contribution is 0.409. The van der Waals surface area contributed by atoms with E-state index in [1.807, 2.05) is 19.1 Å². The van der Waals surface area contributed by atoms with Gasteiger partial charge in [-0.3, -0.25) is 20.4 Å². The van der Waals surface area contributed by atoms with Gasteiger partial charge in [0.05, 0.1) is 0 Å². The Kier molecular flexibility index (Phi) is 4.42. The van der Waals surface area contributed by atoms with Crippen molar-refractivity contribution in [3.05, 3.63) is 70.6 Å². The maximum Gasteiger partial charge on any atom is 0.155 e. The first kappa shape index (κ1) is 18.2. The van der Waals surface area contributed by atoms with Crippen molar-refractivity contribution in [2.75, 3.05) is 0 Å². The van der Waals surface area contributed by atoms with E-state index in [4.69, 9.17) is 15.8 Å². The SMILES string of the molecule is C=CC(C)(C)C(c1ccc2c(n1)C2)c1ccn(C(=N)C(C)F)c(=N)c1C. The summed E-state index contributed by atoms with van der Waals surface area (Å²) in [5.74, 6) is -0.298. The summed E-state index contributed by atoms with van der Waals surface area (Å²) in [6, 6.07) is 6.05. The van der Waals surface area contributed by atoms with Crippen LogP contribution in [0.4, 0.5) is 4.39 Å². The summed E-state index contributed by atoms with van der Waals surface area (Å²) in [4.78, 5) is 4.80. The van der Waals surface area contributed by atoms with Crippen molar-refractivity contribution >= 4 is 5.84 Å². The molecule has 2 N–H and O–H groups in total. The van der Waals surface area contributed by atoms with Crippen LogP contribution in [0.2, 0.25) is 0 Å². The van der Waals surface area contributed by atoms with Gasteiger partial charge in [-0.05, 0) is 48.1 Å². The summed E-state index contributed by atoms with van der Waals surface area (Å²) < 4.78 is 14.9. The van der Waals surface area contributed by atoms with Gasteiger partial charge in [0, 0.05) is 29.9 Å². The van der Waals surface area contributed by atoms with Crippen LogP contribution in [-0.2, 0) is 6.42 Å². The van der Waals surface area contributed by atoms with E-state index in [1.165, 1.54) is 17.1 Å². The Morgan fingerprint density at radius 2 is 2.08 bits per heavy atom. The molecule has 3 rings (SSSR count). The highest BCUT2D eigenvalue weighted by atomic mass is 19.1. The fourth-order valence-corrected chi connectivity index (χ4v) is 3.38. The molecule has 2 aromatic heterocycles. The third-order valence-electron chi connectivity index (χ3n) is 5.27. The van der Waals surface area contributed by atoms with Crippen LogP contribution in [0.25, 0.3) is 0 Å². The first-order chi connectivity index (χ1) is 12.2. The Morgan fingerprint density at radius 3 is 2.65 bits per heavy atom.